The van der Waals surface area contributed by atoms with E-state index < -0.39 is 18.2 Å². The Kier molecular flexibility index (Phi) is 12.8. The van der Waals surface area contributed by atoms with Crippen molar-refractivity contribution in [2.75, 3.05) is 53.0 Å². The van der Waals surface area contributed by atoms with Crippen LogP contribution in [0.1, 0.15) is 86.1 Å². The van der Waals surface area contributed by atoms with Crippen molar-refractivity contribution in [2.24, 2.45) is 5.92 Å². The number of alkyl carbamates (subject to hydrolysis) is 1. The van der Waals surface area contributed by atoms with Gasteiger partial charge < -0.3 is 39.9 Å². The number of imidazole rings is 2. The van der Waals surface area contributed by atoms with Crippen LogP contribution < -0.4 is 10.6 Å². The van der Waals surface area contributed by atoms with Crippen molar-refractivity contribution in [3.8, 4) is 33.6 Å². The Morgan fingerprint density at radius 3 is 2.18 bits per heavy atom. The highest BCUT2D eigenvalue weighted by Crippen LogP contribution is 2.40. The van der Waals surface area contributed by atoms with Crippen molar-refractivity contribution in [2.45, 2.75) is 76.5 Å². The first-order chi connectivity index (χ1) is 33.1. The quantitative estimate of drug-likeness (QED) is 0.0983. The van der Waals surface area contributed by atoms with Crippen LogP contribution in [0.25, 0.3) is 44.4 Å². The number of rotatable bonds is 12. The minimum Gasteiger partial charge on any atom is -0.453 e. The first kappa shape index (κ1) is 45.0. The zero-order valence-electron chi connectivity index (χ0n) is 38.9. The molecule has 4 amide bonds. The predicted molar refractivity (Wildman–Crippen MR) is 258 cm³/mol. The zero-order chi connectivity index (χ0) is 46.9. The molecule has 0 bridgehead atoms. The summed E-state index contributed by atoms with van der Waals surface area (Å²) in [7, 11) is 1.30. The molecule has 15 nitrogen and oxygen atoms in total. The number of hydrogen-bond acceptors (Lipinski definition) is 9. The van der Waals surface area contributed by atoms with Gasteiger partial charge in [-0.3, -0.25) is 19.3 Å². The van der Waals surface area contributed by atoms with E-state index in [1.54, 1.807) is 0 Å². The topological polar surface area (TPSA) is 178 Å². The van der Waals surface area contributed by atoms with Gasteiger partial charge in [0.05, 0.1) is 62.2 Å². The monoisotopic (exact) mass is 917 g/mol. The molecule has 2 aromatic heterocycles. The number of H-pyrrole nitrogens is 2. The lowest BCUT2D eigenvalue weighted by Gasteiger charge is -2.30. The standard InChI is InChI=1S/C53H59N9O6/c1-32(2)46(59-53(66)67-3)51(64)62-22-8-12-44(62)50-55-41-20-18-38-28-37(17-19-40(38)48(41)58-50)34-13-14-36-29-39(16-15-35(36)27-34)42-30-54-49(56-42)43-11-7-21-61(43)52(65)47(33-9-5-4-6-10-33)57-45(63)31-60-23-25-68-26-24-60/h4-6,9-10,13-17,19,27-30,32,43-44,46-47H,7-8,11-12,18,20-26,31H2,1-3H3,(H,54,56)(H,55,58)(H,57,63)(H,59,66). The number of methoxy groups -OCH3 is 1. The summed E-state index contributed by atoms with van der Waals surface area (Å²) in [5, 5.41) is 8.03. The Morgan fingerprint density at radius 1 is 0.765 bits per heavy atom. The molecular formula is C53H59N9O6. The number of aromatic amines is 2. The third-order valence-corrected chi connectivity index (χ3v) is 14.1. The predicted octanol–water partition coefficient (Wildman–Crippen LogP) is 7.28. The highest BCUT2D eigenvalue weighted by Gasteiger charge is 2.39. The molecule has 3 fully saturated rings. The molecule has 0 spiro atoms. The summed E-state index contributed by atoms with van der Waals surface area (Å²) in [6, 6.07) is 27.2. The lowest BCUT2D eigenvalue weighted by atomic mass is 9.89. The molecule has 1 aliphatic carbocycles. The molecule has 0 saturated carbocycles. The van der Waals surface area contributed by atoms with Gasteiger partial charge in [-0.05, 0) is 89.6 Å². The van der Waals surface area contributed by atoms with Crippen LogP contribution in [-0.4, -0.2) is 118 Å². The van der Waals surface area contributed by atoms with E-state index in [1.165, 1.54) is 12.7 Å². The van der Waals surface area contributed by atoms with Gasteiger partial charge in [0.1, 0.15) is 23.7 Å². The maximum Gasteiger partial charge on any atom is 0.407 e. The van der Waals surface area contributed by atoms with Crippen LogP contribution in [0.15, 0.2) is 91.1 Å². The number of carbonyl (C=O) groups excluding carboxylic acids is 4. The van der Waals surface area contributed by atoms with E-state index in [0.29, 0.717) is 39.4 Å². The van der Waals surface area contributed by atoms with E-state index in [-0.39, 0.29) is 42.3 Å². The fraction of sp³-hybridized carbons (Fsp3) is 0.396. The number of aryl methyl sites for hydroxylation is 2. The van der Waals surface area contributed by atoms with Crippen molar-refractivity contribution in [1.29, 1.82) is 0 Å². The summed E-state index contributed by atoms with van der Waals surface area (Å²) < 4.78 is 10.3. The van der Waals surface area contributed by atoms with Gasteiger partial charge in [0.25, 0.3) is 0 Å². The van der Waals surface area contributed by atoms with Crippen LogP contribution in [0.3, 0.4) is 0 Å². The van der Waals surface area contributed by atoms with Gasteiger partial charge in [0, 0.05) is 37.3 Å². The Balaban J connectivity index is 0.828. The number of morpholine rings is 1. The Labute approximate surface area is 396 Å². The van der Waals surface area contributed by atoms with Gasteiger partial charge in [0.2, 0.25) is 17.7 Å². The lowest BCUT2D eigenvalue weighted by molar-refractivity contribution is -0.138. The second kappa shape index (κ2) is 19.4. The fourth-order valence-electron chi connectivity index (χ4n) is 10.5. The van der Waals surface area contributed by atoms with Crippen LogP contribution in [-0.2, 0) is 36.7 Å². The van der Waals surface area contributed by atoms with Crippen molar-refractivity contribution in [3.63, 3.8) is 0 Å². The molecule has 4 unspecified atom stereocenters. The van der Waals surface area contributed by atoms with Gasteiger partial charge in [-0.25, -0.2) is 14.8 Å². The normalized spacial score (nSPS) is 19.1. The van der Waals surface area contributed by atoms with Crippen LogP contribution in [0.4, 0.5) is 4.79 Å². The van der Waals surface area contributed by atoms with E-state index >= 15 is 0 Å². The first-order valence-electron chi connectivity index (χ1n) is 24.0. The van der Waals surface area contributed by atoms with E-state index in [9.17, 15) is 19.2 Å². The minimum absolute atomic E-state index is 0.102. The van der Waals surface area contributed by atoms with Gasteiger partial charge in [-0.15, -0.1) is 0 Å². The van der Waals surface area contributed by atoms with Crippen molar-refractivity contribution in [1.82, 2.24) is 45.3 Å². The van der Waals surface area contributed by atoms with Gasteiger partial charge >= 0.3 is 6.09 Å². The Morgan fingerprint density at radius 2 is 1.44 bits per heavy atom. The summed E-state index contributed by atoms with van der Waals surface area (Å²) >= 11 is 0. The molecule has 4 N–H and O–H groups in total. The summed E-state index contributed by atoms with van der Waals surface area (Å²) in [5.41, 5.74) is 9.33. The summed E-state index contributed by atoms with van der Waals surface area (Å²) in [6.45, 7) is 7.81. The molecule has 352 valence electrons. The highest BCUT2D eigenvalue weighted by molar-refractivity contribution is 5.92. The molecule has 4 atom stereocenters. The van der Waals surface area contributed by atoms with E-state index in [1.807, 2.05) is 60.2 Å². The molecule has 15 heteroatoms. The number of hydrogen-bond donors (Lipinski definition) is 4. The van der Waals surface area contributed by atoms with Gasteiger partial charge in [0.15, 0.2) is 0 Å². The second-order valence-electron chi connectivity index (χ2n) is 18.8. The molecule has 6 aromatic rings. The number of nitrogens with zero attached hydrogens (tertiary/aromatic N) is 5. The van der Waals surface area contributed by atoms with Crippen LogP contribution in [0.2, 0.25) is 0 Å². The maximum atomic E-state index is 14.4. The van der Waals surface area contributed by atoms with Crippen LogP contribution in [0.5, 0.6) is 0 Å². The van der Waals surface area contributed by atoms with E-state index in [2.05, 4.69) is 80.1 Å². The third-order valence-electron chi connectivity index (χ3n) is 14.1. The number of aromatic nitrogens is 4. The largest absolute Gasteiger partial charge is 0.453 e. The van der Waals surface area contributed by atoms with Crippen molar-refractivity contribution >= 4 is 34.6 Å². The molecule has 3 saturated heterocycles. The summed E-state index contributed by atoms with van der Waals surface area (Å²) in [5.74, 6) is 0.989. The van der Waals surface area contributed by atoms with Crippen molar-refractivity contribution in [3.05, 3.63) is 120 Å². The lowest BCUT2D eigenvalue weighted by Crippen LogP contribution is -2.51. The van der Waals surface area contributed by atoms with Crippen LogP contribution in [0, 0.1) is 5.92 Å². The SMILES string of the molecule is COC(=O)NC(C(=O)N1CCCC1c1nc2c([nH]1)-c1ccc(-c3ccc4cc(-c5cnc(C6CCCN6C(=O)C(NC(=O)CN6CCOCC6)c6ccccc6)[nH]5)ccc4c3)cc1CC2)C(C)C. The third kappa shape index (κ3) is 9.12. The van der Waals surface area contributed by atoms with E-state index in [4.69, 9.17) is 19.4 Å². The first-order valence-corrected chi connectivity index (χ1v) is 24.0. The average molecular weight is 918 g/mol. The molecule has 5 heterocycles. The molecule has 0 radical (unpaired) electrons. The number of ether oxygens (including phenoxy) is 2. The zero-order valence-corrected chi connectivity index (χ0v) is 38.9. The second-order valence-corrected chi connectivity index (χ2v) is 18.8. The van der Waals surface area contributed by atoms with E-state index in [0.717, 1.165) is 106 Å². The number of benzene rings is 4. The molecular weight excluding hydrogens is 859 g/mol. The Bertz CT molecular complexity index is 2830. The fourth-order valence-corrected chi connectivity index (χ4v) is 10.5. The number of carbonyl (C=O) groups is 4. The molecule has 3 aliphatic heterocycles. The molecule has 4 aliphatic rings. The maximum absolute atomic E-state index is 14.4. The molecule has 4 aromatic carbocycles. The molecule has 68 heavy (non-hydrogen) atoms. The van der Waals surface area contributed by atoms with Crippen LogP contribution >= 0.6 is 0 Å². The summed E-state index contributed by atoms with van der Waals surface area (Å²) in [6.07, 6.45) is 6.17. The number of nitrogens with one attached hydrogen (secondary N) is 4. The highest BCUT2D eigenvalue weighted by atomic mass is 16.5. The minimum atomic E-state index is -0.805. The summed E-state index contributed by atoms with van der Waals surface area (Å²) in [4.78, 5) is 76.4. The number of fused-ring (bicyclic) bond motifs is 4. The smallest absolute Gasteiger partial charge is 0.407 e. The van der Waals surface area contributed by atoms with Crippen molar-refractivity contribution < 1.29 is 28.7 Å². The number of amides is 4. The van der Waals surface area contributed by atoms with Gasteiger partial charge in [-0.2, -0.15) is 0 Å². The van der Waals surface area contributed by atoms with Gasteiger partial charge in [-0.1, -0.05) is 86.6 Å². The number of likely N-dealkylation sites (tertiary alicyclic amines) is 2. The molecule has 10 rings (SSSR count). The average Bonchev–Trinajstić information content (AvgIpc) is 4.22. The Hall–Kier alpha value is -6.84.